The Balaban J connectivity index is 2.17. The third-order valence-electron chi connectivity index (χ3n) is 2.70. The highest BCUT2D eigenvalue weighted by atomic mass is 19.1. The Bertz CT molecular complexity index is 418. The second kappa shape index (κ2) is 3.33. The fourth-order valence-electron chi connectivity index (χ4n) is 1.22. The molecule has 1 heterocycles. The molecule has 0 aromatic carbocycles. The van der Waals surface area contributed by atoms with E-state index in [0.717, 1.165) is 12.8 Å². The number of hydrogen-bond donors (Lipinski definition) is 1. The van der Waals surface area contributed by atoms with E-state index < -0.39 is 5.82 Å². The molecule has 0 bridgehead atoms. The van der Waals surface area contributed by atoms with Crippen LogP contribution in [0.15, 0.2) is 12.3 Å². The molecule has 1 N–H and O–H groups in total. The van der Waals surface area contributed by atoms with Crippen LogP contribution in [0.3, 0.4) is 0 Å². The number of anilines is 1. The highest BCUT2D eigenvalue weighted by Gasteiger charge is 2.45. The van der Waals surface area contributed by atoms with Gasteiger partial charge in [-0.25, -0.2) is 9.37 Å². The van der Waals surface area contributed by atoms with Crippen molar-refractivity contribution in [2.24, 2.45) is 5.41 Å². The van der Waals surface area contributed by atoms with Crippen LogP contribution in [0, 0.1) is 11.2 Å². The Morgan fingerprint density at radius 1 is 1.67 bits per heavy atom. The van der Waals surface area contributed by atoms with Gasteiger partial charge < -0.3 is 5.32 Å². The Hall–Kier alpha value is -1.39. The molecule has 0 aliphatic heterocycles. The number of nitrogens with zero attached hydrogens (tertiary/aromatic N) is 1. The summed E-state index contributed by atoms with van der Waals surface area (Å²) in [7, 11) is 5.35. The van der Waals surface area contributed by atoms with Crippen LogP contribution < -0.4 is 10.8 Å². The molecule has 15 heavy (non-hydrogen) atoms. The molecule has 1 aliphatic carbocycles. The summed E-state index contributed by atoms with van der Waals surface area (Å²) in [5, 5.41) is 2.45. The predicted molar refractivity (Wildman–Crippen MR) is 55.6 cm³/mol. The van der Waals surface area contributed by atoms with Crippen molar-refractivity contribution in [3.05, 3.63) is 18.1 Å². The van der Waals surface area contributed by atoms with Crippen LogP contribution in [0.25, 0.3) is 0 Å². The average Bonchev–Trinajstić information content (AvgIpc) is 2.93. The van der Waals surface area contributed by atoms with E-state index in [9.17, 15) is 9.18 Å². The van der Waals surface area contributed by atoms with Crippen LogP contribution in [0.5, 0.6) is 0 Å². The minimum Gasteiger partial charge on any atom is -0.308 e. The molecule has 2 rings (SSSR count). The summed E-state index contributed by atoms with van der Waals surface area (Å²) in [5.74, 6) is -0.956. The van der Waals surface area contributed by atoms with Gasteiger partial charge in [-0.05, 0) is 18.9 Å². The topological polar surface area (TPSA) is 42.0 Å². The lowest BCUT2D eigenvalue weighted by Crippen LogP contribution is -2.24. The van der Waals surface area contributed by atoms with Gasteiger partial charge in [0.2, 0.25) is 5.91 Å². The summed E-state index contributed by atoms with van der Waals surface area (Å²) in [4.78, 5) is 15.3. The van der Waals surface area contributed by atoms with Crippen molar-refractivity contribution in [3.8, 4) is 0 Å². The third-order valence-corrected chi connectivity index (χ3v) is 2.70. The van der Waals surface area contributed by atoms with Crippen LogP contribution in [0.4, 0.5) is 10.2 Å². The molecule has 5 heteroatoms. The highest BCUT2D eigenvalue weighted by Crippen LogP contribution is 2.45. The van der Waals surface area contributed by atoms with Crippen LogP contribution in [-0.4, -0.2) is 18.7 Å². The monoisotopic (exact) mass is 204 g/mol. The minimum absolute atomic E-state index is 0.0127. The van der Waals surface area contributed by atoms with E-state index in [-0.39, 0.29) is 22.6 Å². The number of amides is 1. The normalized spacial score (nSPS) is 17.2. The fraction of sp³-hybridized carbons (Fsp3) is 0.400. The summed E-state index contributed by atoms with van der Waals surface area (Å²) < 4.78 is 13.4. The Morgan fingerprint density at radius 2 is 2.33 bits per heavy atom. The molecule has 3 nitrogen and oxygen atoms in total. The number of aromatic nitrogens is 1. The quantitative estimate of drug-likeness (QED) is 0.722. The Labute approximate surface area is 88.5 Å². The molecule has 76 valence electrons. The first-order chi connectivity index (χ1) is 7.03. The number of carbonyl (C=O) groups is 1. The summed E-state index contributed by atoms with van der Waals surface area (Å²) in [6.07, 6.45) is 3.04. The van der Waals surface area contributed by atoms with E-state index in [1.165, 1.54) is 12.3 Å². The molecule has 0 atom stereocenters. The summed E-state index contributed by atoms with van der Waals surface area (Å²) in [6.45, 7) is 1.84. The van der Waals surface area contributed by atoms with Gasteiger partial charge in [-0.3, -0.25) is 4.79 Å². The Kier molecular flexibility index (Phi) is 2.25. The van der Waals surface area contributed by atoms with Crippen molar-refractivity contribution < 1.29 is 9.18 Å². The number of nitrogens with one attached hydrogen (secondary N) is 1. The summed E-state index contributed by atoms with van der Waals surface area (Å²) in [6, 6.07) is 1.35. The van der Waals surface area contributed by atoms with Gasteiger partial charge in [0, 0.05) is 11.6 Å². The lowest BCUT2D eigenvalue weighted by Gasteiger charge is -2.10. The molecule has 2 radical (unpaired) electrons. The molecular weight excluding hydrogens is 194 g/mol. The first kappa shape index (κ1) is 10.1. The van der Waals surface area contributed by atoms with Gasteiger partial charge >= 0.3 is 0 Å². The number of carbonyl (C=O) groups excluding carboxylic acids is 1. The maximum absolute atomic E-state index is 13.4. The third kappa shape index (κ3) is 1.86. The minimum atomic E-state index is -0.671. The molecule has 1 saturated carbocycles. The second-order valence-electron chi connectivity index (χ2n) is 4.08. The zero-order valence-electron chi connectivity index (χ0n) is 8.38. The van der Waals surface area contributed by atoms with Gasteiger partial charge in [0.1, 0.15) is 7.85 Å². The van der Waals surface area contributed by atoms with Gasteiger partial charge in [0.05, 0.1) is 0 Å². The number of hydrogen-bond acceptors (Lipinski definition) is 2. The van der Waals surface area contributed by atoms with Crippen molar-refractivity contribution in [2.45, 2.75) is 19.8 Å². The summed E-state index contributed by atoms with van der Waals surface area (Å²) in [5.41, 5.74) is -0.361. The number of pyridine rings is 1. The van der Waals surface area contributed by atoms with E-state index in [4.69, 9.17) is 7.85 Å². The van der Waals surface area contributed by atoms with Crippen molar-refractivity contribution in [3.63, 3.8) is 0 Å². The molecule has 1 aliphatic rings. The van der Waals surface area contributed by atoms with Crippen molar-refractivity contribution in [1.29, 1.82) is 0 Å². The second-order valence-corrected chi connectivity index (χ2v) is 4.08. The predicted octanol–water partition coefficient (Wildman–Crippen LogP) is 0.753. The largest absolute Gasteiger partial charge is 0.308 e. The molecule has 1 amide bonds. The zero-order chi connectivity index (χ0) is 11.1. The van der Waals surface area contributed by atoms with E-state index in [2.05, 4.69) is 10.3 Å². The lowest BCUT2D eigenvalue weighted by atomic mass is 9.97. The van der Waals surface area contributed by atoms with E-state index in [1.54, 1.807) is 0 Å². The first-order valence-electron chi connectivity index (χ1n) is 4.74. The van der Waals surface area contributed by atoms with E-state index in [0.29, 0.717) is 0 Å². The SMILES string of the molecule is [B]c1ccnc(NC(=O)C2(C)CC2)c1F. The van der Waals surface area contributed by atoms with Crippen LogP contribution in [-0.2, 0) is 4.79 Å². The first-order valence-corrected chi connectivity index (χ1v) is 4.74. The van der Waals surface area contributed by atoms with Crippen molar-refractivity contribution >= 4 is 25.0 Å². The van der Waals surface area contributed by atoms with Gasteiger partial charge in [0.25, 0.3) is 0 Å². The standard InChI is InChI=1S/C10H10BFN2O/c1-10(3-4-10)9(15)14-8-7(12)6(11)2-5-13-8/h2,5H,3-4H2,1H3,(H,13,14,15). The van der Waals surface area contributed by atoms with Gasteiger partial charge in [0.15, 0.2) is 11.6 Å². The highest BCUT2D eigenvalue weighted by molar-refractivity contribution is 6.32. The molecule has 0 saturated heterocycles. The molecular formula is C10H10BFN2O. The fourth-order valence-corrected chi connectivity index (χ4v) is 1.22. The molecule has 1 fully saturated rings. The maximum Gasteiger partial charge on any atom is 0.231 e. The van der Waals surface area contributed by atoms with E-state index >= 15 is 0 Å². The van der Waals surface area contributed by atoms with Crippen LogP contribution >= 0.6 is 0 Å². The van der Waals surface area contributed by atoms with Crippen molar-refractivity contribution in [2.75, 3.05) is 5.32 Å². The van der Waals surface area contributed by atoms with Gasteiger partial charge in [-0.2, -0.15) is 0 Å². The zero-order valence-corrected chi connectivity index (χ0v) is 8.38. The average molecular weight is 204 g/mol. The van der Waals surface area contributed by atoms with Gasteiger partial charge in [-0.1, -0.05) is 12.4 Å². The molecule has 1 aromatic rings. The molecule has 0 unspecified atom stereocenters. The van der Waals surface area contributed by atoms with Crippen LogP contribution in [0.2, 0.25) is 0 Å². The Morgan fingerprint density at radius 3 is 2.93 bits per heavy atom. The van der Waals surface area contributed by atoms with Crippen molar-refractivity contribution in [1.82, 2.24) is 4.98 Å². The number of rotatable bonds is 2. The number of halogens is 1. The smallest absolute Gasteiger partial charge is 0.231 e. The molecule has 1 aromatic heterocycles. The lowest BCUT2D eigenvalue weighted by molar-refractivity contribution is -0.120. The van der Waals surface area contributed by atoms with Crippen LogP contribution in [0.1, 0.15) is 19.8 Å². The maximum atomic E-state index is 13.4. The summed E-state index contributed by atoms with van der Waals surface area (Å²) >= 11 is 0. The molecule has 0 spiro atoms. The van der Waals surface area contributed by atoms with Gasteiger partial charge in [-0.15, -0.1) is 0 Å². The van der Waals surface area contributed by atoms with E-state index in [1.807, 2.05) is 6.92 Å².